The van der Waals surface area contributed by atoms with E-state index in [1.54, 1.807) is 0 Å². The minimum absolute atomic E-state index is 0.0357. The Bertz CT molecular complexity index is 1040. The van der Waals surface area contributed by atoms with Crippen molar-refractivity contribution in [3.8, 4) is 0 Å². The monoisotopic (exact) mass is 546 g/mol. The Kier molecular flexibility index (Phi) is 8.11. The second-order valence-electron chi connectivity index (χ2n) is 11.6. The number of rotatable bonds is 6. The molecule has 1 saturated heterocycles. The number of carbonyl (C=O) groups is 2. The van der Waals surface area contributed by atoms with E-state index >= 15 is 0 Å². The molecule has 3 fully saturated rings. The fourth-order valence-corrected chi connectivity index (χ4v) is 7.37. The number of hydrogen-bond donors (Lipinski definition) is 2. The molecular weight excluding hydrogens is 510 g/mol. The van der Waals surface area contributed by atoms with Crippen LogP contribution in [-0.4, -0.2) is 17.9 Å². The smallest absolute Gasteiger partial charge is 0.353 e. The maximum absolute atomic E-state index is 13.5. The largest absolute Gasteiger partial charge is 0.418 e. The van der Waals surface area contributed by atoms with Gasteiger partial charge in [-0.25, -0.2) is 0 Å². The van der Waals surface area contributed by atoms with Crippen molar-refractivity contribution in [2.75, 3.05) is 5.32 Å². The molecule has 38 heavy (non-hydrogen) atoms. The van der Waals surface area contributed by atoms with Crippen LogP contribution in [0, 0.1) is 29.1 Å². The van der Waals surface area contributed by atoms with Crippen molar-refractivity contribution in [1.29, 1.82) is 0 Å². The Morgan fingerprint density at radius 1 is 1.08 bits per heavy atom. The number of benzene rings is 1. The zero-order valence-electron chi connectivity index (χ0n) is 21.8. The number of amides is 2. The van der Waals surface area contributed by atoms with Crippen LogP contribution in [0.25, 0.3) is 0 Å². The van der Waals surface area contributed by atoms with Crippen LogP contribution in [0.15, 0.2) is 18.2 Å². The van der Waals surface area contributed by atoms with E-state index in [2.05, 4.69) is 24.5 Å². The van der Waals surface area contributed by atoms with E-state index in [1.165, 1.54) is 0 Å². The summed E-state index contributed by atoms with van der Waals surface area (Å²) in [6.07, 6.45) is -1.75. The second-order valence-corrected chi connectivity index (χ2v) is 11.6. The van der Waals surface area contributed by atoms with Gasteiger partial charge in [-0.15, -0.1) is 0 Å². The molecule has 2 saturated carbocycles. The molecule has 2 aliphatic carbocycles. The SMILES string of the molecule is CCCCC1C(C2CC[C@H](C(=O)Nc3cc(C(F)(F)F)ccc3C(F)(F)F)C2)CCC2NC(=O)CC[C@@]21C. The first kappa shape index (κ1) is 28.7. The predicted molar refractivity (Wildman–Crippen MR) is 131 cm³/mol. The number of unbranched alkanes of at least 4 members (excludes halogenated alkanes) is 1. The minimum Gasteiger partial charge on any atom is -0.353 e. The van der Waals surface area contributed by atoms with Gasteiger partial charge in [0.15, 0.2) is 0 Å². The van der Waals surface area contributed by atoms with Gasteiger partial charge in [0.05, 0.1) is 16.8 Å². The number of alkyl halides is 6. The highest BCUT2D eigenvalue weighted by Crippen LogP contribution is 2.56. The number of piperidine rings is 1. The highest BCUT2D eigenvalue weighted by molar-refractivity contribution is 5.93. The number of anilines is 1. The van der Waals surface area contributed by atoms with Crippen LogP contribution in [0.1, 0.15) is 89.2 Å². The van der Waals surface area contributed by atoms with Gasteiger partial charge in [0.1, 0.15) is 0 Å². The second kappa shape index (κ2) is 10.7. The summed E-state index contributed by atoms with van der Waals surface area (Å²) >= 11 is 0. The number of carbonyl (C=O) groups excluding carboxylic acids is 2. The Morgan fingerprint density at radius 3 is 2.47 bits per heavy atom. The molecule has 0 bridgehead atoms. The van der Waals surface area contributed by atoms with Gasteiger partial charge >= 0.3 is 12.4 Å². The normalized spacial score (nSPS) is 32.0. The van der Waals surface area contributed by atoms with Gasteiger partial charge in [0, 0.05) is 18.4 Å². The number of fused-ring (bicyclic) bond motifs is 1. The van der Waals surface area contributed by atoms with Gasteiger partial charge < -0.3 is 10.6 Å². The van der Waals surface area contributed by atoms with E-state index in [0.29, 0.717) is 49.3 Å². The lowest BCUT2D eigenvalue weighted by molar-refractivity contribution is -0.141. The zero-order chi connectivity index (χ0) is 27.9. The van der Waals surface area contributed by atoms with Crippen molar-refractivity contribution in [3.05, 3.63) is 29.3 Å². The summed E-state index contributed by atoms with van der Waals surface area (Å²) in [4.78, 5) is 25.1. The van der Waals surface area contributed by atoms with Crippen LogP contribution in [0.3, 0.4) is 0 Å². The van der Waals surface area contributed by atoms with Gasteiger partial charge in [-0.3, -0.25) is 9.59 Å². The third kappa shape index (κ3) is 5.83. The molecule has 3 aliphatic rings. The van der Waals surface area contributed by atoms with E-state index in [9.17, 15) is 35.9 Å². The molecule has 1 aliphatic heterocycles. The van der Waals surface area contributed by atoms with Crippen molar-refractivity contribution in [3.63, 3.8) is 0 Å². The van der Waals surface area contributed by atoms with Gasteiger partial charge in [-0.1, -0.05) is 26.7 Å². The van der Waals surface area contributed by atoms with E-state index in [4.69, 9.17) is 0 Å². The van der Waals surface area contributed by atoms with Gasteiger partial charge in [-0.05, 0) is 86.3 Å². The molecule has 4 rings (SSSR count). The number of nitrogens with one attached hydrogen (secondary N) is 2. The third-order valence-electron chi connectivity index (χ3n) is 9.40. The highest BCUT2D eigenvalue weighted by Gasteiger charge is 2.52. The highest BCUT2D eigenvalue weighted by atomic mass is 19.4. The van der Waals surface area contributed by atoms with Gasteiger partial charge in [0.2, 0.25) is 11.8 Å². The van der Waals surface area contributed by atoms with E-state index in [1.807, 2.05) is 0 Å². The lowest BCUT2D eigenvalue weighted by Crippen LogP contribution is -2.58. The fourth-order valence-electron chi connectivity index (χ4n) is 7.37. The summed E-state index contributed by atoms with van der Waals surface area (Å²) in [6.45, 7) is 4.40. The molecule has 1 aromatic carbocycles. The molecule has 0 spiro atoms. The Morgan fingerprint density at radius 2 is 1.82 bits per heavy atom. The molecule has 6 atom stereocenters. The molecule has 4 nitrogen and oxygen atoms in total. The van der Waals surface area contributed by atoms with E-state index < -0.39 is 41.0 Å². The maximum atomic E-state index is 13.5. The minimum atomic E-state index is -4.90. The average Bonchev–Trinajstić information content (AvgIpc) is 3.32. The summed E-state index contributed by atoms with van der Waals surface area (Å²) < 4.78 is 80.0. The van der Waals surface area contributed by atoms with Crippen molar-refractivity contribution in [2.45, 2.75) is 96.5 Å². The molecule has 1 aromatic rings. The Balaban J connectivity index is 1.50. The molecule has 212 valence electrons. The summed E-state index contributed by atoms with van der Waals surface area (Å²) in [6, 6.07) is 1.25. The molecule has 10 heteroatoms. The van der Waals surface area contributed by atoms with Crippen molar-refractivity contribution in [2.24, 2.45) is 29.1 Å². The molecule has 2 N–H and O–H groups in total. The summed E-state index contributed by atoms with van der Waals surface area (Å²) in [5, 5.41) is 5.38. The fraction of sp³-hybridized carbons (Fsp3) is 0.714. The Labute approximate surface area is 219 Å². The number of hydrogen-bond acceptors (Lipinski definition) is 2. The summed E-state index contributed by atoms with van der Waals surface area (Å²) in [7, 11) is 0. The van der Waals surface area contributed by atoms with Crippen molar-refractivity contribution >= 4 is 17.5 Å². The lowest BCUT2D eigenvalue weighted by atomic mass is 9.53. The van der Waals surface area contributed by atoms with Crippen LogP contribution in [0.2, 0.25) is 0 Å². The first-order chi connectivity index (χ1) is 17.7. The van der Waals surface area contributed by atoms with Gasteiger partial charge in [0.25, 0.3) is 0 Å². The van der Waals surface area contributed by atoms with Crippen LogP contribution in [0.5, 0.6) is 0 Å². The molecule has 1 heterocycles. The molecule has 0 aromatic heterocycles. The van der Waals surface area contributed by atoms with Crippen LogP contribution < -0.4 is 10.6 Å². The van der Waals surface area contributed by atoms with Crippen LogP contribution in [-0.2, 0) is 21.9 Å². The number of halogens is 6. The van der Waals surface area contributed by atoms with Crippen molar-refractivity contribution in [1.82, 2.24) is 5.32 Å². The first-order valence-electron chi connectivity index (χ1n) is 13.6. The predicted octanol–water partition coefficient (Wildman–Crippen LogP) is 7.58. The van der Waals surface area contributed by atoms with E-state index in [0.717, 1.165) is 44.9 Å². The molecule has 4 unspecified atom stereocenters. The van der Waals surface area contributed by atoms with Crippen LogP contribution in [0.4, 0.5) is 32.0 Å². The zero-order valence-corrected chi connectivity index (χ0v) is 21.8. The summed E-state index contributed by atoms with van der Waals surface area (Å²) in [5.74, 6) is -0.202. The Hall–Kier alpha value is -2.26. The van der Waals surface area contributed by atoms with Crippen molar-refractivity contribution < 1.29 is 35.9 Å². The standard InChI is InChI=1S/C28H36F6N2O2/c1-3-4-5-20-19(9-11-23-26(20,2)13-12-24(37)36-23)16-6-7-17(14-16)25(38)35-22-15-18(27(29,30)31)8-10-21(22)28(32,33)34/h8,10,15-17,19-20,23H,3-7,9,11-14H2,1-2H3,(H,35,38)(H,36,37)/t16?,17-,19?,20?,23?,26+/m0/s1. The van der Waals surface area contributed by atoms with E-state index in [-0.39, 0.29) is 23.3 Å². The average molecular weight is 547 g/mol. The summed E-state index contributed by atoms with van der Waals surface area (Å²) in [5.41, 5.74) is -3.42. The molecule has 2 amide bonds. The third-order valence-corrected chi connectivity index (χ3v) is 9.40. The van der Waals surface area contributed by atoms with Crippen LogP contribution >= 0.6 is 0 Å². The molecular formula is C28H36F6N2O2. The maximum Gasteiger partial charge on any atom is 0.418 e. The first-order valence-corrected chi connectivity index (χ1v) is 13.6. The quantitative estimate of drug-likeness (QED) is 0.362. The topological polar surface area (TPSA) is 58.2 Å². The van der Waals surface area contributed by atoms with Gasteiger partial charge in [-0.2, -0.15) is 26.3 Å². The molecule has 0 radical (unpaired) electrons. The lowest BCUT2D eigenvalue weighted by Gasteiger charge is -2.55.